The number of hydrogen-bond donors (Lipinski definition) is 1. The molecule has 0 aliphatic heterocycles. The second-order valence-electron chi connectivity index (χ2n) is 6.70. The minimum Gasteiger partial charge on any atom is -0.338 e. The maximum atomic E-state index is 4.56. The molecule has 130 valence electrons. The van der Waals surface area contributed by atoms with Crippen LogP contribution in [0.5, 0.6) is 0 Å². The molecule has 2 aromatic heterocycles. The number of hydrogen-bond acceptors (Lipinski definition) is 4. The summed E-state index contributed by atoms with van der Waals surface area (Å²) in [6.45, 7) is 8.19. The van der Waals surface area contributed by atoms with E-state index in [2.05, 4.69) is 64.8 Å². The molecule has 0 spiro atoms. The van der Waals surface area contributed by atoms with Crippen LogP contribution in [-0.4, -0.2) is 20.0 Å². The molecule has 5 nitrogen and oxygen atoms in total. The van der Waals surface area contributed by atoms with Crippen LogP contribution < -0.4 is 5.32 Å². The molecule has 2 aromatic carbocycles. The molecule has 0 bridgehead atoms. The molecule has 0 radical (unpaired) electrons. The van der Waals surface area contributed by atoms with Crippen molar-refractivity contribution in [1.82, 2.24) is 20.0 Å². The second-order valence-corrected chi connectivity index (χ2v) is 6.70. The van der Waals surface area contributed by atoms with Gasteiger partial charge in [-0.3, -0.25) is 0 Å². The van der Waals surface area contributed by atoms with Gasteiger partial charge in [0, 0.05) is 22.2 Å². The van der Waals surface area contributed by atoms with E-state index < -0.39 is 0 Å². The summed E-state index contributed by atoms with van der Waals surface area (Å²) in [5.41, 5.74) is 5.46. The van der Waals surface area contributed by atoms with Gasteiger partial charge in [0.25, 0.3) is 0 Å². The summed E-state index contributed by atoms with van der Waals surface area (Å²) in [6.07, 6.45) is 0. The average molecular weight is 343 g/mol. The quantitative estimate of drug-likeness (QED) is 0.581. The maximum absolute atomic E-state index is 4.56. The smallest absolute Gasteiger partial charge is 0.183 e. The van der Waals surface area contributed by atoms with Crippen molar-refractivity contribution in [3.63, 3.8) is 0 Å². The van der Waals surface area contributed by atoms with Crippen molar-refractivity contribution < 1.29 is 0 Å². The van der Waals surface area contributed by atoms with Crippen LogP contribution in [-0.2, 0) is 0 Å². The Bertz CT molecular complexity index is 1110. The van der Waals surface area contributed by atoms with E-state index in [1.54, 1.807) is 0 Å². The lowest BCUT2D eigenvalue weighted by atomic mass is 10.1. The molecule has 0 aliphatic rings. The highest BCUT2D eigenvalue weighted by Gasteiger charge is 2.14. The van der Waals surface area contributed by atoms with Crippen molar-refractivity contribution in [3.8, 4) is 5.82 Å². The van der Waals surface area contributed by atoms with Crippen LogP contribution >= 0.6 is 0 Å². The largest absolute Gasteiger partial charge is 0.338 e. The predicted octanol–water partition coefficient (Wildman–Crippen LogP) is 4.79. The van der Waals surface area contributed by atoms with Crippen LogP contribution in [0, 0.1) is 27.7 Å². The lowest BCUT2D eigenvalue weighted by Crippen LogP contribution is -2.07. The summed E-state index contributed by atoms with van der Waals surface area (Å²) in [6, 6.07) is 16.5. The summed E-state index contributed by atoms with van der Waals surface area (Å²) >= 11 is 0. The summed E-state index contributed by atoms with van der Waals surface area (Å²) < 4.78 is 1.85. The van der Waals surface area contributed by atoms with E-state index in [1.807, 2.05) is 36.7 Å². The van der Waals surface area contributed by atoms with E-state index in [1.165, 1.54) is 11.1 Å². The Morgan fingerprint density at radius 3 is 2.31 bits per heavy atom. The van der Waals surface area contributed by atoms with Gasteiger partial charge in [-0.25, -0.2) is 4.68 Å². The molecule has 0 fully saturated rings. The SMILES string of the molecule is Cc1ccc(Nc2nnc(-n3nc(C)cc3C)c3ccccc23)c(C)c1. The molecule has 0 aliphatic carbocycles. The van der Waals surface area contributed by atoms with Crippen LogP contribution in [0.25, 0.3) is 16.6 Å². The van der Waals surface area contributed by atoms with Crippen LogP contribution in [0.15, 0.2) is 48.5 Å². The summed E-state index contributed by atoms with van der Waals surface area (Å²) in [5, 5.41) is 19.0. The fraction of sp³-hybridized carbons (Fsp3) is 0.190. The van der Waals surface area contributed by atoms with Gasteiger partial charge in [-0.1, -0.05) is 42.0 Å². The number of rotatable bonds is 3. The second kappa shape index (κ2) is 6.26. The van der Waals surface area contributed by atoms with Gasteiger partial charge in [0.15, 0.2) is 11.6 Å². The number of aryl methyl sites for hydroxylation is 4. The molecular formula is C21H21N5. The molecule has 0 unspecified atom stereocenters. The highest BCUT2D eigenvalue weighted by Crippen LogP contribution is 2.29. The minimum absolute atomic E-state index is 0.748. The molecule has 5 heteroatoms. The number of benzene rings is 2. The van der Waals surface area contributed by atoms with Crippen LogP contribution in [0.2, 0.25) is 0 Å². The Kier molecular flexibility index (Phi) is 3.92. The van der Waals surface area contributed by atoms with Gasteiger partial charge in [-0.15, -0.1) is 10.2 Å². The highest BCUT2D eigenvalue weighted by atomic mass is 15.4. The van der Waals surface area contributed by atoms with Crippen LogP contribution in [0.3, 0.4) is 0 Å². The van der Waals surface area contributed by atoms with Gasteiger partial charge < -0.3 is 5.32 Å². The van der Waals surface area contributed by atoms with Crippen LogP contribution in [0.4, 0.5) is 11.5 Å². The number of nitrogens with one attached hydrogen (secondary N) is 1. The van der Waals surface area contributed by atoms with E-state index in [0.29, 0.717) is 0 Å². The lowest BCUT2D eigenvalue weighted by Gasteiger charge is -2.13. The van der Waals surface area contributed by atoms with E-state index in [0.717, 1.165) is 39.5 Å². The predicted molar refractivity (Wildman–Crippen MR) is 105 cm³/mol. The zero-order valence-corrected chi connectivity index (χ0v) is 15.4. The summed E-state index contributed by atoms with van der Waals surface area (Å²) in [4.78, 5) is 0. The first-order valence-corrected chi connectivity index (χ1v) is 8.66. The molecule has 26 heavy (non-hydrogen) atoms. The highest BCUT2D eigenvalue weighted by molar-refractivity contribution is 5.97. The summed E-state index contributed by atoms with van der Waals surface area (Å²) in [5.74, 6) is 1.50. The van der Waals surface area contributed by atoms with Gasteiger partial charge in [-0.05, 0) is 45.4 Å². The first kappa shape index (κ1) is 16.3. The van der Waals surface area contributed by atoms with Crippen molar-refractivity contribution in [1.29, 1.82) is 0 Å². The number of anilines is 2. The molecule has 0 amide bonds. The van der Waals surface area contributed by atoms with Gasteiger partial charge in [0.05, 0.1) is 5.69 Å². The van der Waals surface area contributed by atoms with Crippen LogP contribution in [0.1, 0.15) is 22.5 Å². The first-order chi connectivity index (χ1) is 12.5. The third-order valence-corrected chi connectivity index (χ3v) is 4.51. The number of fused-ring (bicyclic) bond motifs is 1. The fourth-order valence-electron chi connectivity index (χ4n) is 3.26. The van der Waals surface area contributed by atoms with Gasteiger partial charge in [0.2, 0.25) is 0 Å². The van der Waals surface area contributed by atoms with E-state index >= 15 is 0 Å². The van der Waals surface area contributed by atoms with E-state index in [9.17, 15) is 0 Å². The number of nitrogens with zero attached hydrogens (tertiary/aromatic N) is 4. The molecule has 4 aromatic rings. The zero-order chi connectivity index (χ0) is 18.3. The minimum atomic E-state index is 0.748. The third-order valence-electron chi connectivity index (χ3n) is 4.51. The molecule has 0 saturated heterocycles. The Morgan fingerprint density at radius 2 is 1.62 bits per heavy atom. The van der Waals surface area contributed by atoms with Crippen molar-refractivity contribution in [3.05, 3.63) is 71.0 Å². The van der Waals surface area contributed by atoms with Crippen molar-refractivity contribution in [2.75, 3.05) is 5.32 Å². The molecule has 2 heterocycles. The zero-order valence-electron chi connectivity index (χ0n) is 15.4. The Balaban J connectivity index is 1.85. The fourth-order valence-corrected chi connectivity index (χ4v) is 3.26. The summed E-state index contributed by atoms with van der Waals surface area (Å²) in [7, 11) is 0. The topological polar surface area (TPSA) is 55.6 Å². The molecule has 4 rings (SSSR count). The van der Waals surface area contributed by atoms with E-state index in [-0.39, 0.29) is 0 Å². The van der Waals surface area contributed by atoms with Gasteiger partial charge in [0.1, 0.15) is 0 Å². The Labute approximate surface area is 152 Å². The van der Waals surface area contributed by atoms with Crippen molar-refractivity contribution in [2.45, 2.75) is 27.7 Å². The van der Waals surface area contributed by atoms with Gasteiger partial charge >= 0.3 is 0 Å². The number of aromatic nitrogens is 4. The molecule has 1 N–H and O–H groups in total. The van der Waals surface area contributed by atoms with E-state index in [4.69, 9.17) is 0 Å². The molecule has 0 saturated carbocycles. The van der Waals surface area contributed by atoms with Crippen molar-refractivity contribution >= 4 is 22.3 Å². The lowest BCUT2D eigenvalue weighted by molar-refractivity contribution is 0.792. The Morgan fingerprint density at radius 1 is 0.846 bits per heavy atom. The standard InChI is InChI=1S/C21H21N5/c1-13-9-10-19(14(2)11-13)22-20-17-7-5-6-8-18(17)21(24-23-20)26-16(4)12-15(3)25-26/h5-12H,1-4H3,(H,22,23). The Hall–Kier alpha value is -3.21. The normalized spacial score (nSPS) is 11.1. The van der Waals surface area contributed by atoms with Crippen molar-refractivity contribution in [2.24, 2.45) is 0 Å². The third kappa shape index (κ3) is 2.81. The molecular weight excluding hydrogens is 322 g/mol. The van der Waals surface area contributed by atoms with Gasteiger partial charge in [-0.2, -0.15) is 5.10 Å². The maximum Gasteiger partial charge on any atom is 0.183 e. The monoisotopic (exact) mass is 343 g/mol. The average Bonchev–Trinajstić information content (AvgIpc) is 2.95. The first-order valence-electron chi connectivity index (χ1n) is 8.66. The molecule has 0 atom stereocenters.